The number of benzene rings is 1. The molecule has 6 heteroatoms. The van der Waals surface area contributed by atoms with E-state index in [1.165, 1.54) is 6.07 Å². The summed E-state index contributed by atoms with van der Waals surface area (Å²) in [7, 11) is 0. The SMILES string of the molecule is CC1CN(Cc2ccc(O)c(C(F)(F)F)c2)CC(C)O1. The molecule has 0 radical (unpaired) electrons. The Labute approximate surface area is 116 Å². The number of phenolic OH excluding ortho intramolecular Hbond substituents is 1. The number of morpholine rings is 1. The maximum absolute atomic E-state index is 12.7. The minimum atomic E-state index is -4.54. The molecule has 2 atom stereocenters. The standard InChI is InChI=1S/C14H18F3NO2/c1-9-6-18(7-10(2)20-9)8-11-3-4-13(19)12(5-11)14(15,16)17/h3-5,9-10,19H,6-8H2,1-2H3. The largest absolute Gasteiger partial charge is 0.507 e. The van der Waals surface area contributed by atoms with E-state index in [4.69, 9.17) is 4.74 Å². The van der Waals surface area contributed by atoms with Gasteiger partial charge < -0.3 is 9.84 Å². The molecule has 1 fully saturated rings. The maximum atomic E-state index is 12.7. The lowest BCUT2D eigenvalue weighted by molar-refractivity contribution is -0.138. The van der Waals surface area contributed by atoms with Crippen LogP contribution in [0.2, 0.25) is 0 Å². The topological polar surface area (TPSA) is 32.7 Å². The summed E-state index contributed by atoms with van der Waals surface area (Å²) in [6, 6.07) is 3.64. The Morgan fingerprint density at radius 2 is 1.85 bits per heavy atom. The van der Waals surface area contributed by atoms with Gasteiger partial charge in [-0.15, -0.1) is 0 Å². The molecule has 0 amide bonds. The van der Waals surface area contributed by atoms with Crippen LogP contribution in [0.1, 0.15) is 25.0 Å². The zero-order chi connectivity index (χ0) is 14.9. The summed E-state index contributed by atoms with van der Waals surface area (Å²) in [5.41, 5.74) is -0.444. The average molecular weight is 289 g/mol. The van der Waals surface area contributed by atoms with Crippen LogP contribution in [-0.4, -0.2) is 35.3 Å². The van der Waals surface area contributed by atoms with Gasteiger partial charge in [0.2, 0.25) is 0 Å². The summed E-state index contributed by atoms with van der Waals surface area (Å²) in [6.07, 6.45) is -4.40. The van der Waals surface area contributed by atoms with Crippen LogP contribution in [0.15, 0.2) is 18.2 Å². The lowest BCUT2D eigenvalue weighted by atomic mass is 10.1. The van der Waals surface area contributed by atoms with Gasteiger partial charge in [-0.05, 0) is 31.5 Å². The smallest absolute Gasteiger partial charge is 0.419 e. The van der Waals surface area contributed by atoms with Gasteiger partial charge in [-0.2, -0.15) is 13.2 Å². The molecule has 1 N–H and O–H groups in total. The zero-order valence-electron chi connectivity index (χ0n) is 11.4. The van der Waals surface area contributed by atoms with Gasteiger partial charge in [-0.3, -0.25) is 4.90 Å². The van der Waals surface area contributed by atoms with Crippen LogP contribution in [-0.2, 0) is 17.5 Å². The van der Waals surface area contributed by atoms with Gasteiger partial charge >= 0.3 is 6.18 Å². The van der Waals surface area contributed by atoms with E-state index in [0.717, 1.165) is 12.1 Å². The quantitative estimate of drug-likeness (QED) is 0.908. The van der Waals surface area contributed by atoms with Gasteiger partial charge in [-0.1, -0.05) is 6.07 Å². The van der Waals surface area contributed by atoms with Crippen molar-refractivity contribution in [3.05, 3.63) is 29.3 Å². The molecule has 112 valence electrons. The number of nitrogens with zero attached hydrogens (tertiary/aromatic N) is 1. The van der Waals surface area contributed by atoms with Crippen molar-refractivity contribution in [2.24, 2.45) is 0 Å². The van der Waals surface area contributed by atoms with Crippen molar-refractivity contribution in [2.45, 2.75) is 38.8 Å². The third kappa shape index (κ3) is 3.64. The van der Waals surface area contributed by atoms with Gasteiger partial charge in [0.25, 0.3) is 0 Å². The van der Waals surface area contributed by atoms with E-state index < -0.39 is 17.5 Å². The number of hydrogen-bond acceptors (Lipinski definition) is 3. The number of ether oxygens (including phenoxy) is 1. The molecule has 2 rings (SSSR count). The maximum Gasteiger partial charge on any atom is 0.419 e. The molecule has 0 saturated carbocycles. The van der Waals surface area contributed by atoms with Crippen LogP contribution >= 0.6 is 0 Å². The van der Waals surface area contributed by atoms with Gasteiger partial charge in [0.15, 0.2) is 0 Å². The minimum Gasteiger partial charge on any atom is -0.507 e. The van der Waals surface area contributed by atoms with Crippen LogP contribution in [0.5, 0.6) is 5.75 Å². The molecule has 0 spiro atoms. The van der Waals surface area contributed by atoms with Crippen LogP contribution in [0, 0.1) is 0 Å². The van der Waals surface area contributed by atoms with Crippen molar-refractivity contribution in [3.63, 3.8) is 0 Å². The Balaban J connectivity index is 2.14. The number of alkyl halides is 3. The molecule has 0 aliphatic carbocycles. The van der Waals surface area contributed by atoms with Gasteiger partial charge in [-0.25, -0.2) is 0 Å². The third-order valence-electron chi connectivity index (χ3n) is 3.27. The predicted molar refractivity (Wildman–Crippen MR) is 68.4 cm³/mol. The van der Waals surface area contributed by atoms with Crippen LogP contribution < -0.4 is 0 Å². The number of aromatic hydroxyl groups is 1. The van der Waals surface area contributed by atoms with E-state index >= 15 is 0 Å². The average Bonchev–Trinajstić information content (AvgIpc) is 2.29. The van der Waals surface area contributed by atoms with Crippen LogP contribution in [0.3, 0.4) is 0 Å². The summed E-state index contributed by atoms with van der Waals surface area (Å²) >= 11 is 0. The van der Waals surface area contributed by atoms with Crippen molar-refractivity contribution in [1.82, 2.24) is 4.90 Å². The molecule has 1 aliphatic heterocycles. The van der Waals surface area contributed by atoms with Gasteiger partial charge in [0.1, 0.15) is 5.75 Å². The first-order valence-electron chi connectivity index (χ1n) is 6.52. The van der Waals surface area contributed by atoms with Crippen LogP contribution in [0.25, 0.3) is 0 Å². The Kier molecular flexibility index (Phi) is 4.25. The van der Waals surface area contributed by atoms with Crippen LogP contribution in [0.4, 0.5) is 13.2 Å². The Bertz CT molecular complexity index is 466. The van der Waals surface area contributed by atoms with Gasteiger partial charge in [0.05, 0.1) is 17.8 Å². The van der Waals surface area contributed by atoms with E-state index in [9.17, 15) is 18.3 Å². The Morgan fingerprint density at radius 1 is 1.25 bits per heavy atom. The number of rotatable bonds is 2. The molecular weight excluding hydrogens is 271 g/mol. The van der Waals surface area contributed by atoms with E-state index in [-0.39, 0.29) is 12.2 Å². The fourth-order valence-corrected chi connectivity index (χ4v) is 2.58. The summed E-state index contributed by atoms with van der Waals surface area (Å²) in [5, 5.41) is 9.31. The fraction of sp³-hybridized carbons (Fsp3) is 0.571. The summed E-state index contributed by atoms with van der Waals surface area (Å²) < 4.78 is 43.8. The van der Waals surface area contributed by atoms with Crippen molar-refractivity contribution < 1.29 is 23.0 Å². The van der Waals surface area contributed by atoms with Crippen molar-refractivity contribution in [1.29, 1.82) is 0 Å². The highest BCUT2D eigenvalue weighted by atomic mass is 19.4. The highest BCUT2D eigenvalue weighted by Crippen LogP contribution is 2.36. The molecule has 1 heterocycles. The molecule has 1 aromatic rings. The number of phenols is 1. The first kappa shape index (κ1) is 15.1. The van der Waals surface area contributed by atoms with Crippen molar-refractivity contribution in [2.75, 3.05) is 13.1 Å². The molecule has 1 aromatic carbocycles. The van der Waals surface area contributed by atoms with Gasteiger partial charge in [0, 0.05) is 19.6 Å². The molecule has 0 bridgehead atoms. The monoisotopic (exact) mass is 289 g/mol. The third-order valence-corrected chi connectivity index (χ3v) is 3.27. The number of hydrogen-bond donors (Lipinski definition) is 1. The highest BCUT2D eigenvalue weighted by molar-refractivity contribution is 5.38. The highest BCUT2D eigenvalue weighted by Gasteiger charge is 2.34. The first-order valence-corrected chi connectivity index (χ1v) is 6.52. The molecule has 1 aliphatic rings. The van der Waals surface area contributed by atoms with Crippen molar-refractivity contribution in [3.8, 4) is 5.75 Å². The Morgan fingerprint density at radius 3 is 2.40 bits per heavy atom. The first-order chi connectivity index (χ1) is 9.25. The second-order valence-electron chi connectivity index (χ2n) is 5.30. The van der Waals surface area contributed by atoms with Crippen molar-refractivity contribution >= 4 is 0 Å². The second-order valence-corrected chi connectivity index (χ2v) is 5.30. The van der Waals surface area contributed by atoms with E-state index in [1.54, 1.807) is 0 Å². The molecular formula is C14H18F3NO2. The normalized spacial score (nSPS) is 24.9. The van der Waals surface area contributed by atoms with E-state index in [0.29, 0.717) is 25.2 Å². The lowest BCUT2D eigenvalue weighted by Crippen LogP contribution is -2.44. The van der Waals surface area contributed by atoms with E-state index in [2.05, 4.69) is 4.90 Å². The summed E-state index contributed by atoms with van der Waals surface area (Å²) in [5.74, 6) is -0.732. The summed E-state index contributed by atoms with van der Waals surface area (Å²) in [4.78, 5) is 2.06. The lowest BCUT2D eigenvalue weighted by Gasteiger charge is -2.35. The summed E-state index contributed by atoms with van der Waals surface area (Å²) in [6.45, 7) is 5.68. The Hall–Kier alpha value is -1.27. The second kappa shape index (κ2) is 5.61. The molecule has 0 aromatic heterocycles. The zero-order valence-corrected chi connectivity index (χ0v) is 11.4. The molecule has 1 saturated heterocycles. The predicted octanol–water partition coefficient (Wildman–Crippen LogP) is 3.02. The molecule has 2 unspecified atom stereocenters. The molecule has 20 heavy (non-hydrogen) atoms. The molecule has 3 nitrogen and oxygen atoms in total. The fourth-order valence-electron chi connectivity index (χ4n) is 2.58. The minimum absolute atomic E-state index is 0.0675. The number of halogens is 3. The van der Waals surface area contributed by atoms with E-state index in [1.807, 2.05) is 13.8 Å².